The minimum Gasteiger partial charge on any atom is -0.360 e. The van der Waals surface area contributed by atoms with Gasteiger partial charge in [0.05, 0.1) is 29.3 Å². The Morgan fingerprint density at radius 2 is 2.13 bits per heavy atom. The molecular formula is C23H23N7O. The first-order valence-corrected chi connectivity index (χ1v) is 10.4. The molecule has 2 N–H and O–H groups in total. The second kappa shape index (κ2) is 8.14. The van der Waals surface area contributed by atoms with Crippen molar-refractivity contribution >= 4 is 28.3 Å². The van der Waals surface area contributed by atoms with Gasteiger partial charge in [-0.15, -0.1) is 0 Å². The lowest BCUT2D eigenvalue weighted by molar-refractivity contribution is -0.130. The van der Waals surface area contributed by atoms with Gasteiger partial charge in [-0.2, -0.15) is 0 Å². The van der Waals surface area contributed by atoms with Crippen LogP contribution < -0.4 is 5.32 Å². The van der Waals surface area contributed by atoms with Crippen LogP contribution in [0.3, 0.4) is 0 Å². The Balaban J connectivity index is 1.59. The molecule has 8 nitrogen and oxygen atoms in total. The molecule has 0 aliphatic carbocycles. The Labute approximate surface area is 179 Å². The van der Waals surface area contributed by atoms with Crippen LogP contribution >= 0.6 is 0 Å². The van der Waals surface area contributed by atoms with E-state index in [4.69, 9.17) is 9.97 Å². The number of aromatic nitrogens is 5. The van der Waals surface area contributed by atoms with Crippen molar-refractivity contribution in [1.82, 2.24) is 29.8 Å². The van der Waals surface area contributed by atoms with Crippen LogP contribution in [0.2, 0.25) is 0 Å². The Bertz CT molecular complexity index is 1220. The molecule has 1 unspecified atom stereocenters. The first kappa shape index (κ1) is 19.2. The van der Waals surface area contributed by atoms with Crippen molar-refractivity contribution in [2.24, 2.45) is 0 Å². The van der Waals surface area contributed by atoms with Crippen LogP contribution in [-0.4, -0.2) is 48.8 Å². The van der Waals surface area contributed by atoms with Gasteiger partial charge in [0.25, 0.3) is 0 Å². The lowest BCUT2D eigenvalue weighted by Gasteiger charge is -2.31. The number of fused-ring (bicyclic) bond motifs is 1. The van der Waals surface area contributed by atoms with Crippen LogP contribution in [-0.2, 0) is 4.79 Å². The predicted octanol–water partition coefficient (Wildman–Crippen LogP) is 3.88. The van der Waals surface area contributed by atoms with Crippen molar-refractivity contribution in [1.29, 1.82) is 0 Å². The third-order valence-electron chi connectivity index (χ3n) is 5.66. The van der Waals surface area contributed by atoms with Crippen LogP contribution in [0.1, 0.15) is 31.5 Å². The van der Waals surface area contributed by atoms with Crippen molar-refractivity contribution < 1.29 is 4.79 Å². The van der Waals surface area contributed by atoms with Gasteiger partial charge in [0.2, 0.25) is 5.91 Å². The summed E-state index contributed by atoms with van der Waals surface area (Å²) < 4.78 is 0. The van der Waals surface area contributed by atoms with E-state index in [0.29, 0.717) is 12.4 Å². The number of anilines is 2. The third-order valence-corrected chi connectivity index (χ3v) is 5.66. The quantitative estimate of drug-likeness (QED) is 0.527. The zero-order valence-corrected chi connectivity index (χ0v) is 17.2. The summed E-state index contributed by atoms with van der Waals surface area (Å²) in [5.41, 5.74) is 3.55. The number of hydrogen-bond acceptors (Lipinski definition) is 6. The van der Waals surface area contributed by atoms with Gasteiger partial charge in [0, 0.05) is 61.5 Å². The van der Waals surface area contributed by atoms with Gasteiger partial charge in [-0.25, -0.2) is 9.97 Å². The summed E-state index contributed by atoms with van der Waals surface area (Å²) in [6.07, 6.45) is 10.9. The topological polar surface area (TPSA) is 99.7 Å². The Kier molecular flexibility index (Phi) is 5.03. The van der Waals surface area contributed by atoms with Crippen LogP contribution in [0.5, 0.6) is 0 Å². The fourth-order valence-electron chi connectivity index (χ4n) is 4.09. The summed E-state index contributed by atoms with van der Waals surface area (Å²) in [6.45, 7) is 3.05. The molecule has 0 saturated carbocycles. The molecule has 5 heterocycles. The molecule has 0 aromatic carbocycles. The number of H-pyrrole nitrogens is 1. The summed E-state index contributed by atoms with van der Waals surface area (Å²) in [6, 6.07) is 7.79. The molecule has 31 heavy (non-hydrogen) atoms. The molecule has 8 heteroatoms. The van der Waals surface area contributed by atoms with Crippen LogP contribution in [0.15, 0.2) is 55.2 Å². The second-order valence-electron chi connectivity index (χ2n) is 7.79. The number of rotatable bonds is 4. The van der Waals surface area contributed by atoms with E-state index in [1.807, 2.05) is 47.8 Å². The Morgan fingerprint density at radius 3 is 2.97 bits per heavy atom. The summed E-state index contributed by atoms with van der Waals surface area (Å²) >= 11 is 0. The van der Waals surface area contributed by atoms with Gasteiger partial charge in [-0.3, -0.25) is 14.8 Å². The number of carbonyl (C=O) groups is 1. The number of piperidine rings is 1. The number of aromatic amines is 1. The van der Waals surface area contributed by atoms with Gasteiger partial charge < -0.3 is 15.2 Å². The van der Waals surface area contributed by atoms with Crippen molar-refractivity contribution in [2.45, 2.75) is 25.7 Å². The standard InChI is InChI=1S/C23H23N7O/c1-15(31)30-9-3-4-16(14-30)23-28-20(19-12-25-13-21-18(19)6-8-26-21)10-22(29-23)27-17-5-2-7-24-11-17/h2,5-8,10-13,16,26H,3-4,9,14H2,1H3,(H,27,28,29). The number of nitrogens with zero attached hydrogens (tertiary/aromatic N) is 5. The van der Waals surface area contributed by atoms with Gasteiger partial charge in [0.1, 0.15) is 11.6 Å². The Morgan fingerprint density at radius 1 is 1.19 bits per heavy atom. The number of likely N-dealkylation sites (tertiary alicyclic amines) is 1. The largest absolute Gasteiger partial charge is 0.360 e. The maximum atomic E-state index is 11.9. The SMILES string of the molecule is CC(=O)N1CCCC(c2nc(Nc3cccnc3)cc(-c3cncc4[nH]ccc34)n2)C1. The summed E-state index contributed by atoms with van der Waals surface area (Å²) in [5, 5.41) is 4.40. The summed E-state index contributed by atoms with van der Waals surface area (Å²) in [5.74, 6) is 1.61. The van der Waals surface area contributed by atoms with E-state index < -0.39 is 0 Å². The fourth-order valence-corrected chi connectivity index (χ4v) is 4.09. The first-order valence-electron chi connectivity index (χ1n) is 10.4. The normalized spacial score (nSPS) is 16.4. The number of hydrogen-bond donors (Lipinski definition) is 2. The van der Waals surface area contributed by atoms with Crippen molar-refractivity contribution in [3.63, 3.8) is 0 Å². The summed E-state index contributed by atoms with van der Waals surface area (Å²) in [4.78, 5) is 35.3. The van der Waals surface area contributed by atoms with E-state index in [2.05, 4.69) is 20.3 Å². The monoisotopic (exact) mass is 413 g/mol. The van der Waals surface area contributed by atoms with E-state index in [1.165, 1.54) is 0 Å². The van der Waals surface area contributed by atoms with Gasteiger partial charge in [0.15, 0.2) is 0 Å². The fraction of sp³-hybridized carbons (Fsp3) is 0.261. The smallest absolute Gasteiger partial charge is 0.219 e. The highest BCUT2D eigenvalue weighted by Gasteiger charge is 2.26. The number of carbonyl (C=O) groups excluding carboxylic acids is 1. The molecule has 1 saturated heterocycles. The average molecular weight is 413 g/mol. The number of amides is 1. The zero-order chi connectivity index (χ0) is 21.2. The van der Waals surface area contributed by atoms with Crippen LogP contribution in [0.25, 0.3) is 22.2 Å². The highest BCUT2D eigenvalue weighted by atomic mass is 16.2. The first-order chi connectivity index (χ1) is 15.2. The van der Waals surface area contributed by atoms with E-state index in [9.17, 15) is 4.79 Å². The average Bonchev–Trinajstić information content (AvgIpc) is 3.29. The molecule has 4 aromatic heterocycles. The molecule has 4 aromatic rings. The van der Waals surface area contributed by atoms with E-state index in [1.54, 1.807) is 19.3 Å². The molecule has 156 valence electrons. The van der Waals surface area contributed by atoms with E-state index in [0.717, 1.165) is 53.1 Å². The maximum absolute atomic E-state index is 11.9. The molecular weight excluding hydrogens is 390 g/mol. The van der Waals surface area contributed by atoms with Crippen LogP contribution in [0, 0.1) is 0 Å². The molecule has 1 fully saturated rings. The van der Waals surface area contributed by atoms with Crippen molar-refractivity contribution in [2.75, 3.05) is 18.4 Å². The maximum Gasteiger partial charge on any atom is 0.219 e. The third kappa shape index (κ3) is 3.96. The van der Waals surface area contributed by atoms with Crippen molar-refractivity contribution in [3.05, 3.63) is 61.1 Å². The molecule has 1 aliphatic rings. The molecule has 1 aliphatic heterocycles. The van der Waals surface area contributed by atoms with E-state index in [-0.39, 0.29) is 11.8 Å². The van der Waals surface area contributed by atoms with Gasteiger partial charge in [-0.1, -0.05) is 0 Å². The summed E-state index contributed by atoms with van der Waals surface area (Å²) in [7, 11) is 0. The van der Waals surface area contributed by atoms with E-state index >= 15 is 0 Å². The molecule has 5 rings (SSSR count). The highest BCUT2D eigenvalue weighted by molar-refractivity contribution is 5.93. The van der Waals surface area contributed by atoms with Gasteiger partial charge >= 0.3 is 0 Å². The molecule has 0 spiro atoms. The second-order valence-corrected chi connectivity index (χ2v) is 7.79. The minimum absolute atomic E-state index is 0.0884. The van der Waals surface area contributed by atoms with Crippen molar-refractivity contribution in [3.8, 4) is 11.3 Å². The Hall–Kier alpha value is -3.81. The lowest BCUT2D eigenvalue weighted by Crippen LogP contribution is -2.38. The van der Waals surface area contributed by atoms with Crippen LogP contribution in [0.4, 0.5) is 11.5 Å². The number of pyridine rings is 2. The zero-order valence-electron chi connectivity index (χ0n) is 17.2. The molecule has 1 amide bonds. The van der Waals surface area contributed by atoms with Gasteiger partial charge in [-0.05, 0) is 31.0 Å². The molecule has 1 atom stereocenters. The lowest BCUT2D eigenvalue weighted by atomic mass is 9.96. The molecule has 0 bridgehead atoms. The minimum atomic E-state index is 0.0884. The highest BCUT2D eigenvalue weighted by Crippen LogP contribution is 2.31. The number of nitrogens with one attached hydrogen (secondary N) is 2. The molecule has 0 radical (unpaired) electrons. The predicted molar refractivity (Wildman–Crippen MR) is 119 cm³/mol.